The second-order valence-electron chi connectivity index (χ2n) is 6.93. The molecule has 1 amide bonds. The Bertz CT molecular complexity index is 1090. The quantitative estimate of drug-likeness (QED) is 0.557. The van der Waals surface area contributed by atoms with Crippen molar-refractivity contribution in [1.29, 1.82) is 0 Å². The Labute approximate surface area is 187 Å². The maximum atomic E-state index is 12.8. The van der Waals surface area contributed by atoms with E-state index in [1.54, 1.807) is 47.3 Å². The van der Waals surface area contributed by atoms with Crippen LogP contribution in [0.5, 0.6) is 0 Å². The number of hydrogen-bond acceptors (Lipinski definition) is 6. The third-order valence-corrected chi connectivity index (χ3v) is 5.39. The fourth-order valence-corrected chi connectivity index (χ4v) is 3.63. The Hall–Kier alpha value is -3.17. The van der Waals surface area contributed by atoms with Crippen molar-refractivity contribution in [2.75, 3.05) is 43.6 Å². The van der Waals surface area contributed by atoms with E-state index in [9.17, 15) is 9.59 Å². The topological polar surface area (TPSA) is 85.7 Å². The van der Waals surface area contributed by atoms with Crippen LogP contribution in [0, 0.1) is 0 Å². The number of hydrogen-bond donors (Lipinski definition) is 1. The van der Waals surface area contributed by atoms with Crippen LogP contribution in [0.1, 0.15) is 20.7 Å². The molecule has 160 valence electrons. The summed E-state index contributed by atoms with van der Waals surface area (Å²) in [5.74, 6) is -0.831. The fraction of sp³-hybridized carbons (Fsp3) is 0.227. The van der Waals surface area contributed by atoms with Gasteiger partial charge in [0.05, 0.1) is 47.9 Å². The van der Waals surface area contributed by atoms with E-state index in [2.05, 4.69) is 31.2 Å². The fourth-order valence-electron chi connectivity index (χ4n) is 3.34. The number of carbonyl (C=O) groups is 2. The van der Waals surface area contributed by atoms with Crippen LogP contribution in [0.2, 0.25) is 0 Å². The first-order valence-electron chi connectivity index (χ1n) is 9.72. The van der Waals surface area contributed by atoms with Crippen LogP contribution in [0.15, 0.2) is 59.3 Å². The molecule has 4 rings (SSSR count). The average molecular weight is 485 g/mol. The Morgan fingerprint density at radius 2 is 1.81 bits per heavy atom. The van der Waals surface area contributed by atoms with E-state index in [0.29, 0.717) is 30.0 Å². The first-order valence-corrected chi connectivity index (χ1v) is 10.5. The van der Waals surface area contributed by atoms with Gasteiger partial charge in [-0.05, 0) is 58.4 Å². The molecule has 1 saturated heterocycles. The van der Waals surface area contributed by atoms with Crippen LogP contribution in [-0.4, -0.2) is 55.1 Å². The first kappa shape index (κ1) is 21.1. The number of carbonyl (C=O) groups excluding carboxylic acids is 2. The number of methoxy groups -OCH3 is 1. The van der Waals surface area contributed by atoms with E-state index < -0.39 is 5.97 Å². The number of benzene rings is 2. The SMILES string of the molecule is COC(=O)c1cc(N2CCOCC2)ccc1NC(=O)c1ccc(-n2cc(Br)cn2)cc1. The molecule has 0 spiro atoms. The van der Waals surface area contributed by atoms with Gasteiger partial charge in [-0.1, -0.05) is 0 Å². The van der Waals surface area contributed by atoms with Gasteiger partial charge in [0.1, 0.15) is 0 Å². The first-order chi connectivity index (χ1) is 15.0. The van der Waals surface area contributed by atoms with Gasteiger partial charge >= 0.3 is 5.97 Å². The lowest BCUT2D eigenvalue weighted by Gasteiger charge is -2.29. The standard InChI is InChI=1S/C22H21BrN4O4/c1-30-22(29)19-12-18(26-8-10-31-11-9-26)6-7-20(19)25-21(28)15-2-4-17(5-3-15)27-14-16(23)13-24-27/h2-7,12-14H,8-11H2,1H3,(H,25,28). The van der Waals surface area contributed by atoms with E-state index in [1.165, 1.54) is 7.11 Å². The van der Waals surface area contributed by atoms with Crippen molar-refractivity contribution in [3.8, 4) is 5.69 Å². The van der Waals surface area contributed by atoms with Crippen LogP contribution in [-0.2, 0) is 9.47 Å². The van der Waals surface area contributed by atoms with Gasteiger partial charge in [-0.3, -0.25) is 4.79 Å². The van der Waals surface area contributed by atoms with E-state index >= 15 is 0 Å². The smallest absolute Gasteiger partial charge is 0.340 e. The molecular formula is C22H21BrN4O4. The molecule has 0 bridgehead atoms. The highest BCUT2D eigenvalue weighted by Gasteiger charge is 2.19. The van der Waals surface area contributed by atoms with Gasteiger partial charge in [0.25, 0.3) is 5.91 Å². The van der Waals surface area contributed by atoms with Crippen molar-refractivity contribution in [1.82, 2.24) is 9.78 Å². The number of nitrogens with one attached hydrogen (secondary N) is 1. The van der Waals surface area contributed by atoms with Gasteiger partial charge in [-0.25, -0.2) is 9.48 Å². The molecule has 1 aliphatic heterocycles. The Morgan fingerprint density at radius 1 is 1.10 bits per heavy atom. The summed E-state index contributed by atoms with van der Waals surface area (Å²) in [5, 5.41) is 7.04. The highest BCUT2D eigenvalue weighted by atomic mass is 79.9. The summed E-state index contributed by atoms with van der Waals surface area (Å²) >= 11 is 3.36. The number of esters is 1. The number of anilines is 2. The van der Waals surface area contributed by atoms with Crippen LogP contribution in [0.4, 0.5) is 11.4 Å². The van der Waals surface area contributed by atoms with Gasteiger partial charge in [-0.2, -0.15) is 5.10 Å². The molecule has 0 atom stereocenters. The Balaban J connectivity index is 1.54. The predicted molar refractivity (Wildman–Crippen MR) is 120 cm³/mol. The van der Waals surface area contributed by atoms with Crippen LogP contribution in [0.3, 0.4) is 0 Å². The highest BCUT2D eigenvalue weighted by Crippen LogP contribution is 2.25. The summed E-state index contributed by atoms with van der Waals surface area (Å²) in [4.78, 5) is 27.3. The molecule has 2 heterocycles. The lowest BCUT2D eigenvalue weighted by Crippen LogP contribution is -2.36. The molecule has 31 heavy (non-hydrogen) atoms. The molecule has 0 radical (unpaired) electrons. The minimum Gasteiger partial charge on any atom is -0.465 e. The number of halogens is 1. The van der Waals surface area contributed by atoms with Crippen molar-refractivity contribution in [3.05, 3.63) is 70.5 Å². The molecule has 1 N–H and O–H groups in total. The molecule has 8 nitrogen and oxygen atoms in total. The Morgan fingerprint density at radius 3 is 2.45 bits per heavy atom. The minimum absolute atomic E-state index is 0.304. The summed E-state index contributed by atoms with van der Waals surface area (Å²) in [6.45, 7) is 2.76. The predicted octanol–water partition coefficient (Wildman–Crippen LogP) is 3.51. The minimum atomic E-state index is -0.509. The lowest BCUT2D eigenvalue weighted by molar-refractivity contribution is 0.0602. The van der Waals surface area contributed by atoms with Gasteiger partial charge < -0.3 is 19.7 Å². The largest absolute Gasteiger partial charge is 0.465 e. The number of morpholine rings is 1. The van der Waals surface area contributed by atoms with Gasteiger partial charge in [0.2, 0.25) is 0 Å². The summed E-state index contributed by atoms with van der Waals surface area (Å²) in [6, 6.07) is 12.4. The summed E-state index contributed by atoms with van der Waals surface area (Å²) < 4.78 is 12.9. The molecular weight excluding hydrogens is 464 g/mol. The molecule has 1 fully saturated rings. The van der Waals surface area contributed by atoms with E-state index in [-0.39, 0.29) is 5.91 Å². The molecule has 0 saturated carbocycles. The molecule has 3 aromatic rings. The Kier molecular flexibility index (Phi) is 6.34. The average Bonchev–Trinajstić information content (AvgIpc) is 3.25. The second kappa shape index (κ2) is 9.32. The van der Waals surface area contributed by atoms with Gasteiger partial charge in [0, 0.05) is 30.5 Å². The van der Waals surface area contributed by atoms with Crippen molar-refractivity contribution in [2.24, 2.45) is 0 Å². The zero-order valence-corrected chi connectivity index (χ0v) is 18.5. The van der Waals surface area contributed by atoms with Crippen molar-refractivity contribution < 1.29 is 19.1 Å². The number of ether oxygens (including phenoxy) is 2. The monoisotopic (exact) mass is 484 g/mol. The van der Waals surface area contributed by atoms with Crippen molar-refractivity contribution >= 4 is 39.2 Å². The molecule has 0 aliphatic carbocycles. The summed E-state index contributed by atoms with van der Waals surface area (Å²) in [7, 11) is 1.32. The maximum absolute atomic E-state index is 12.8. The van der Waals surface area contributed by atoms with Crippen LogP contribution >= 0.6 is 15.9 Å². The van der Waals surface area contributed by atoms with E-state index in [4.69, 9.17) is 9.47 Å². The number of aromatic nitrogens is 2. The summed E-state index contributed by atoms with van der Waals surface area (Å²) in [5.41, 5.74) is 2.87. The van der Waals surface area contributed by atoms with Crippen LogP contribution in [0.25, 0.3) is 5.69 Å². The molecule has 9 heteroatoms. The van der Waals surface area contributed by atoms with Gasteiger partial charge in [0.15, 0.2) is 0 Å². The molecule has 2 aromatic carbocycles. The van der Waals surface area contributed by atoms with Crippen molar-refractivity contribution in [2.45, 2.75) is 0 Å². The molecule has 1 aliphatic rings. The maximum Gasteiger partial charge on any atom is 0.340 e. The zero-order valence-electron chi connectivity index (χ0n) is 16.9. The number of nitrogens with zero attached hydrogens (tertiary/aromatic N) is 3. The normalized spacial score (nSPS) is 13.7. The van der Waals surface area contributed by atoms with E-state index in [0.717, 1.165) is 28.9 Å². The van der Waals surface area contributed by atoms with Crippen LogP contribution < -0.4 is 10.2 Å². The molecule has 1 aromatic heterocycles. The third-order valence-electron chi connectivity index (χ3n) is 4.98. The lowest BCUT2D eigenvalue weighted by atomic mass is 10.1. The molecule has 0 unspecified atom stereocenters. The van der Waals surface area contributed by atoms with Gasteiger partial charge in [-0.15, -0.1) is 0 Å². The zero-order chi connectivity index (χ0) is 21.8. The second-order valence-corrected chi connectivity index (χ2v) is 7.84. The highest BCUT2D eigenvalue weighted by molar-refractivity contribution is 9.10. The summed E-state index contributed by atoms with van der Waals surface area (Å²) in [6.07, 6.45) is 3.52. The third kappa shape index (κ3) is 4.78. The van der Waals surface area contributed by atoms with E-state index in [1.807, 2.05) is 12.3 Å². The number of rotatable bonds is 5. The van der Waals surface area contributed by atoms with Crippen molar-refractivity contribution in [3.63, 3.8) is 0 Å². The number of amides is 1.